The predicted molar refractivity (Wildman–Crippen MR) is 46.2 cm³/mol. The van der Waals surface area contributed by atoms with Crippen LogP contribution in [0, 0.1) is 10.1 Å². The fourth-order valence-electron chi connectivity index (χ4n) is 1.01. The molecule has 1 heterocycles. The predicted octanol–water partition coefficient (Wildman–Crippen LogP) is 1.00. The monoisotopic (exact) mass is 219 g/mol. The highest BCUT2D eigenvalue weighted by molar-refractivity contribution is 5.53. The second-order valence-electron chi connectivity index (χ2n) is 2.64. The molecule has 8 heteroatoms. The number of halogens is 2. The number of nitrogen functional groups attached to an aromatic ring is 1. The summed E-state index contributed by atoms with van der Waals surface area (Å²) < 4.78 is 24.7. The second kappa shape index (κ2) is 4.13. The van der Waals surface area contributed by atoms with Crippen LogP contribution in [-0.4, -0.2) is 15.0 Å². The first kappa shape index (κ1) is 11.2. The lowest BCUT2D eigenvalue weighted by atomic mass is 10.2. The van der Waals surface area contributed by atoms with E-state index in [2.05, 4.69) is 4.98 Å². The molecule has 0 aliphatic heterocycles. The molecule has 0 fully saturated rings. The van der Waals surface area contributed by atoms with Gasteiger partial charge >= 0.3 is 0 Å². The van der Waals surface area contributed by atoms with E-state index in [0.717, 1.165) is 6.07 Å². The molecular formula is C7H7F2N3O3. The molecule has 0 aliphatic rings. The maximum absolute atomic E-state index is 12.3. The summed E-state index contributed by atoms with van der Waals surface area (Å²) >= 11 is 0. The van der Waals surface area contributed by atoms with E-state index >= 15 is 0 Å². The second-order valence-corrected chi connectivity index (χ2v) is 2.64. The van der Waals surface area contributed by atoms with Gasteiger partial charge in [0.1, 0.15) is 0 Å². The van der Waals surface area contributed by atoms with Gasteiger partial charge in [0.15, 0.2) is 5.69 Å². The van der Waals surface area contributed by atoms with E-state index in [-0.39, 0.29) is 11.4 Å². The Morgan fingerprint density at radius 2 is 2.27 bits per heavy atom. The van der Waals surface area contributed by atoms with Gasteiger partial charge in [-0.15, -0.1) is 0 Å². The Bertz CT molecular complexity index is 397. The maximum atomic E-state index is 12.3. The summed E-state index contributed by atoms with van der Waals surface area (Å²) in [6, 6.07) is 0.764. The molecule has 15 heavy (non-hydrogen) atoms. The lowest BCUT2D eigenvalue weighted by Crippen LogP contribution is -2.06. The Kier molecular flexibility index (Phi) is 3.10. The summed E-state index contributed by atoms with van der Waals surface area (Å²) in [7, 11) is 0. The van der Waals surface area contributed by atoms with Crippen LogP contribution in [0.15, 0.2) is 6.07 Å². The Hall–Kier alpha value is -1.83. The number of nitrogens with zero attached hydrogens (tertiary/aromatic N) is 2. The summed E-state index contributed by atoms with van der Waals surface area (Å²) in [4.78, 5) is 12.6. The van der Waals surface area contributed by atoms with Crippen LogP contribution >= 0.6 is 0 Å². The largest absolute Gasteiger partial charge is 0.397 e. The number of aliphatic hydroxyl groups excluding tert-OH is 1. The van der Waals surface area contributed by atoms with E-state index in [1.807, 2.05) is 0 Å². The van der Waals surface area contributed by atoms with Crippen molar-refractivity contribution in [2.75, 3.05) is 5.73 Å². The van der Waals surface area contributed by atoms with E-state index in [1.165, 1.54) is 0 Å². The molecule has 0 radical (unpaired) electrons. The van der Waals surface area contributed by atoms with Crippen molar-refractivity contribution in [2.24, 2.45) is 0 Å². The third-order valence-corrected chi connectivity index (χ3v) is 1.70. The molecule has 0 aromatic carbocycles. The van der Waals surface area contributed by atoms with Crippen molar-refractivity contribution in [1.29, 1.82) is 0 Å². The van der Waals surface area contributed by atoms with E-state index in [4.69, 9.17) is 10.8 Å². The zero-order valence-corrected chi connectivity index (χ0v) is 7.35. The number of anilines is 1. The van der Waals surface area contributed by atoms with Crippen LogP contribution in [0.3, 0.4) is 0 Å². The summed E-state index contributed by atoms with van der Waals surface area (Å²) in [6.07, 6.45) is -3.09. The van der Waals surface area contributed by atoms with E-state index in [9.17, 15) is 18.9 Å². The highest BCUT2D eigenvalue weighted by Gasteiger charge is 2.25. The average molecular weight is 219 g/mol. The molecule has 1 aromatic heterocycles. The average Bonchev–Trinajstić information content (AvgIpc) is 2.16. The molecule has 1 aromatic rings. The molecular weight excluding hydrogens is 212 g/mol. The number of pyridine rings is 1. The van der Waals surface area contributed by atoms with Crippen molar-refractivity contribution >= 4 is 11.4 Å². The molecule has 0 unspecified atom stereocenters. The molecule has 0 bridgehead atoms. The first-order valence-corrected chi connectivity index (χ1v) is 3.80. The van der Waals surface area contributed by atoms with Crippen LogP contribution in [0.2, 0.25) is 0 Å². The first-order valence-electron chi connectivity index (χ1n) is 3.80. The van der Waals surface area contributed by atoms with Crippen LogP contribution in [0.5, 0.6) is 0 Å². The van der Waals surface area contributed by atoms with E-state index < -0.39 is 29.3 Å². The Morgan fingerprint density at radius 1 is 1.67 bits per heavy atom. The molecule has 0 atom stereocenters. The molecule has 82 valence electrons. The van der Waals surface area contributed by atoms with Gasteiger partial charge in [0.05, 0.1) is 22.9 Å². The number of alkyl halides is 2. The van der Waals surface area contributed by atoms with Crippen molar-refractivity contribution in [3.63, 3.8) is 0 Å². The quantitative estimate of drug-likeness (QED) is 0.583. The van der Waals surface area contributed by atoms with Crippen molar-refractivity contribution in [3.05, 3.63) is 27.6 Å². The smallest absolute Gasteiger partial charge is 0.298 e. The van der Waals surface area contributed by atoms with Gasteiger partial charge < -0.3 is 10.8 Å². The molecule has 0 spiro atoms. The lowest BCUT2D eigenvalue weighted by molar-refractivity contribution is -0.386. The van der Waals surface area contributed by atoms with Crippen molar-refractivity contribution in [2.45, 2.75) is 13.0 Å². The molecule has 0 amide bonds. The minimum Gasteiger partial charge on any atom is -0.397 e. The van der Waals surface area contributed by atoms with Crippen LogP contribution < -0.4 is 5.73 Å². The highest BCUT2D eigenvalue weighted by Crippen LogP contribution is 2.29. The fourth-order valence-corrected chi connectivity index (χ4v) is 1.01. The zero-order valence-electron chi connectivity index (χ0n) is 7.35. The Labute approximate surface area is 82.5 Å². The van der Waals surface area contributed by atoms with E-state index in [1.54, 1.807) is 0 Å². The topological polar surface area (TPSA) is 102 Å². The van der Waals surface area contributed by atoms with Gasteiger partial charge in [-0.05, 0) is 0 Å². The summed E-state index contributed by atoms with van der Waals surface area (Å²) in [5, 5.41) is 19.1. The minimum atomic E-state index is -3.09. The SMILES string of the molecule is Nc1cc([N+](=O)[O-])c(C(F)F)nc1CO. The van der Waals surface area contributed by atoms with Gasteiger partial charge in [0.25, 0.3) is 12.1 Å². The fraction of sp³-hybridized carbons (Fsp3) is 0.286. The normalized spacial score (nSPS) is 10.7. The Morgan fingerprint density at radius 3 is 2.67 bits per heavy atom. The number of rotatable bonds is 3. The van der Waals surface area contributed by atoms with Gasteiger partial charge in [-0.1, -0.05) is 0 Å². The van der Waals surface area contributed by atoms with Crippen LogP contribution in [0.1, 0.15) is 17.8 Å². The van der Waals surface area contributed by atoms with Crippen molar-refractivity contribution in [3.8, 4) is 0 Å². The number of hydrogen-bond donors (Lipinski definition) is 2. The van der Waals surface area contributed by atoms with Gasteiger partial charge in [-0.25, -0.2) is 13.8 Å². The third kappa shape index (κ3) is 2.15. The highest BCUT2D eigenvalue weighted by atomic mass is 19.3. The molecule has 6 nitrogen and oxygen atoms in total. The number of nitrogens with two attached hydrogens (primary N) is 1. The third-order valence-electron chi connectivity index (χ3n) is 1.70. The van der Waals surface area contributed by atoms with Crippen LogP contribution in [-0.2, 0) is 6.61 Å². The maximum Gasteiger partial charge on any atom is 0.298 e. The lowest BCUT2D eigenvalue weighted by Gasteiger charge is -2.05. The molecule has 0 saturated heterocycles. The zero-order chi connectivity index (χ0) is 11.6. The van der Waals surface area contributed by atoms with Gasteiger partial charge in [-0.3, -0.25) is 10.1 Å². The van der Waals surface area contributed by atoms with E-state index in [0.29, 0.717) is 0 Å². The van der Waals surface area contributed by atoms with Gasteiger partial charge in [0.2, 0.25) is 0 Å². The molecule has 0 aliphatic carbocycles. The number of aliphatic hydroxyl groups is 1. The molecule has 3 N–H and O–H groups in total. The minimum absolute atomic E-state index is 0.186. The van der Waals surface area contributed by atoms with Gasteiger partial charge in [0, 0.05) is 6.07 Å². The number of aromatic nitrogens is 1. The van der Waals surface area contributed by atoms with Gasteiger partial charge in [-0.2, -0.15) is 0 Å². The van der Waals surface area contributed by atoms with Crippen LogP contribution in [0.4, 0.5) is 20.2 Å². The summed E-state index contributed by atoms with van der Waals surface area (Å²) in [6.45, 7) is -0.649. The first-order chi connectivity index (χ1) is 6.97. The number of nitro groups is 1. The summed E-state index contributed by atoms with van der Waals surface area (Å²) in [5.74, 6) is 0. The van der Waals surface area contributed by atoms with Crippen LogP contribution in [0.25, 0.3) is 0 Å². The summed E-state index contributed by atoms with van der Waals surface area (Å²) in [5.41, 5.74) is 3.05. The van der Waals surface area contributed by atoms with Crippen molar-refractivity contribution < 1.29 is 18.8 Å². The standard InChI is InChI=1S/C7H7F2N3O3/c8-7(9)6-5(12(14)15)1-3(10)4(2-13)11-6/h1,7,13H,2,10H2. The molecule has 0 saturated carbocycles. The Balaban J connectivity index is 3.38. The molecule has 1 rings (SSSR count). The number of hydrogen-bond acceptors (Lipinski definition) is 5. The van der Waals surface area contributed by atoms with Crippen molar-refractivity contribution in [1.82, 2.24) is 4.98 Å².